The van der Waals surface area contributed by atoms with Gasteiger partial charge in [0.15, 0.2) is 11.5 Å². The third kappa shape index (κ3) is 3.74. The highest BCUT2D eigenvalue weighted by molar-refractivity contribution is 7.93. The number of hydrogen-bond acceptors (Lipinski definition) is 6. The molecule has 2 aromatic rings. The maximum absolute atomic E-state index is 13.0. The Morgan fingerprint density at radius 2 is 1.76 bits per heavy atom. The number of sulfonamides is 2. The summed E-state index contributed by atoms with van der Waals surface area (Å²) in [6, 6.07) is 7.96. The molecule has 0 saturated carbocycles. The maximum Gasteiger partial charge on any atom is 0.262 e. The molecule has 1 N–H and O–H groups in total. The van der Waals surface area contributed by atoms with E-state index in [1.54, 1.807) is 38.1 Å². The van der Waals surface area contributed by atoms with Gasteiger partial charge in [-0.15, -0.1) is 0 Å². The van der Waals surface area contributed by atoms with Crippen LogP contribution in [-0.2, 0) is 20.0 Å². The second-order valence-corrected chi connectivity index (χ2v) is 10.8. The van der Waals surface area contributed by atoms with Gasteiger partial charge in [0, 0.05) is 12.6 Å². The van der Waals surface area contributed by atoms with Gasteiger partial charge in [0.2, 0.25) is 16.8 Å². The van der Waals surface area contributed by atoms with Gasteiger partial charge < -0.3 is 9.47 Å². The zero-order valence-corrected chi connectivity index (χ0v) is 17.8. The third-order valence-corrected chi connectivity index (χ3v) is 8.40. The summed E-state index contributed by atoms with van der Waals surface area (Å²) in [6.07, 6.45) is 1.42. The molecular weight excluding hydrogens is 416 g/mol. The molecule has 10 heteroatoms. The van der Waals surface area contributed by atoms with Crippen molar-refractivity contribution in [1.29, 1.82) is 0 Å². The Bertz CT molecular complexity index is 1180. The van der Waals surface area contributed by atoms with Crippen LogP contribution >= 0.6 is 0 Å². The average molecular weight is 439 g/mol. The number of rotatable bonds is 4. The zero-order chi connectivity index (χ0) is 20.8. The molecular formula is C19H22N2O6S2. The lowest BCUT2D eigenvalue weighted by molar-refractivity contribution is 0.174. The molecule has 2 aromatic carbocycles. The van der Waals surface area contributed by atoms with Gasteiger partial charge in [-0.1, -0.05) is 0 Å². The van der Waals surface area contributed by atoms with Crippen molar-refractivity contribution in [2.75, 3.05) is 28.1 Å². The number of ether oxygens (including phenoxy) is 2. The van der Waals surface area contributed by atoms with E-state index in [0.29, 0.717) is 47.0 Å². The topological polar surface area (TPSA) is 102 Å². The van der Waals surface area contributed by atoms with Gasteiger partial charge in [-0.2, -0.15) is 0 Å². The van der Waals surface area contributed by atoms with Crippen molar-refractivity contribution < 1.29 is 26.3 Å². The summed E-state index contributed by atoms with van der Waals surface area (Å²) in [5.41, 5.74) is 1.95. The van der Waals surface area contributed by atoms with Crippen molar-refractivity contribution in [1.82, 2.24) is 0 Å². The van der Waals surface area contributed by atoms with Crippen molar-refractivity contribution in [3.8, 4) is 11.5 Å². The summed E-state index contributed by atoms with van der Waals surface area (Å²) in [7, 11) is -7.25. The number of anilines is 2. The van der Waals surface area contributed by atoms with Crippen LogP contribution in [0.2, 0.25) is 0 Å². The Morgan fingerprint density at radius 3 is 2.52 bits per heavy atom. The van der Waals surface area contributed by atoms with Gasteiger partial charge in [0.1, 0.15) is 0 Å². The molecule has 2 aliphatic heterocycles. The van der Waals surface area contributed by atoms with Crippen molar-refractivity contribution in [3.63, 3.8) is 0 Å². The minimum Gasteiger partial charge on any atom is -0.454 e. The monoisotopic (exact) mass is 438 g/mol. The largest absolute Gasteiger partial charge is 0.454 e. The van der Waals surface area contributed by atoms with E-state index in [2.05, 4.69) is 4.72 Å². The third-order valence-electron chi connectivity index (χ3n) is 5.03. The number of hydrogen-bond donors (Lipinski definition) is 1. The molecule has 8 nitrogen and oxygen atoms in total. The highest BCUT2D eigenvalue weighted by atomic mass is 32.2. The lowest BCUT2D eigenvalue weighted by atomic mass is 10.1. The van der Waals surface area contributed by atoms with Crippen LogP contribution in [0.3, 0.4) is 0 Å². The van der Waals surface area contributed by atoms with Gasteiger partial charge in [0.05, 0.1) is 22.0 Å². The first-order chi connectivity index (χ1) is 13.7. The van der Waals surface area contributed by atoms with Crippen molar-refractivity contribution in [2.45, 2.75) is 31.6 Å². The number of fused-ring (bicyclic) bond motifs is 1. The van der Waals surface area contributed by atoms with E-state index in [-0.39, 0.29) is 17.4 Å². The number of nitrogens with zero attached hydrogens (tertiary/aromatic N) is 1. The van der Waals surface area contributed by atoms with E-state index in [0.717, 1.165) is 6.42 Å². The minimum atomic E-state index is -3.87. The number of nitrogens with one attached hydrogen (secondary N) is 1. The standard InChI is InChI=1S/C19H22N2O6S2/c1-13-10-19(14(2)9-16(13)21-7-3-4-8-28(21,22)23)29(24,25)20-15-5-6-17-18(11-15)27-12-26-17/h5-6,9-11,20H,3-4,7-8,12H2,1-2H3. The predicted molar refractivity (Wildman–Crippen MR) is 110 cm³/mol. The smallest absolute Gasteiger partial charge is 0.262 e. The van der Waals surface area contributed by atoms with Gasteiger partial charge in [-0.05, 0) is 62.1 Å². The van der Waals surface area contributed by atoms with Gasteiger partial charge in [-0.25, -0.2) is 16.8 Å². The van der Waals surface area contributed by atoms with E-state index in [9.17, 15) is 16.8 Å². The van der Waals surface area contributed by atoms with E-state index < -0.39 is 20.0 Å². The molecule has 0 unspecified atom stereocenters. The van der Waals surface area contributed by atoms with Gasteiger partial charge in [-0.3, -0.25) is 9.03 Å². The number of benzene rings is 2. The first kappa shape index (κ1) is 19.8. The molecule has 0 radical (unpaired) electrons. The molecule has 1 fully saturated rings. The first-order valence-electron chi connectivity index (χ1n) is 9.21. The molecule has 29 heavy (non-hydrogen) atoms. The van der Waals surface area contributed by atoms with Gasteiger partial charge in [0.25, 0.3) is 10.0 Å². The molecule has 156 valence electrons. The van der Waals surface area contributed by atoms with Crippen LogP contribution < -0.4 is 18.5 Å². The summed E-state index contributed by atoms with van der Waals surface area (Å²) in [4.78, 5) is 0.103. The van der Waals surface area contributed by atoms with Crippen LogP contribution in [0.4, 0.5) is 11.4 Å². The second-order valence-electron chi connectivity index (χ2n) is 7.17. The first-order valence-corrected chi connectivity index (χ1v) is 12.3. The fraction of sp³-hybridized carbons (Fsp3) is 0.368. The Balaban J connectivity index is 1.67. The lowest BCUT2D eigenvalue weighted by Gasteiger charge is -2.30. The molecule has 0 amide bonds. The summed E-state index contributed by atoms with van der Waals surface area (Å²) >= 11 is 0. The number of aryl methyl sites for hydroxylation is 2. The molecule has 1 saturated heterocycles. The molecule has 0 aromatic heterocycles. The molecule has 0 spiro atoms. The quantitative estimate of drug-likeness (QED) is 0.788. The second kappa shape index (κ2) is 7.10. The SMILES string of the molecule is Cc1cc(S(=O)(=O)Nc2ccc3c(c2)OCO3)c(C)cc1N1CCCCS1(=O)=O. The summed E-state index contributed by atoms with van der Waals surface area (Å²) in [5, 5.41) is 0. The summed E-state index contributed by atoms with van der Waals surface area (Å²) in [6.45, 7) is 3.89. The molecule has 0 bridgehead atoms. The fourth-order valence-corrected chi connectivity index (χ4v) is 6.62. The van der Waals surface area contributed by atoms with E-state index in [1.807, 2.05) is 0 Å². The van der Waals surface area contributed by atoms with Crippen LogP contribution in [0.5, 0.6) is 11.5 Å². The average Bonchev–Trinajstić information content (AvgIpc) is 3.10. The summed E-state index contributed by atoms with van der Waals surface area (Å²) in [5.74, 6) is 1.15. The Labute approximate surface area is 170 Å². The van der Waals surface area contributed by atoms with Crippen molar-refractivity contribution >= 4 is 31.4 Å². The zero-order valence-electron chi connectivity index (χ0n) is 16.1. The van der Waals surface area contributed by atoms with Gasteiger partial charge >= 0.3 is 0 Å². The van der Waals surface area contributed by atoms with Crippen LogP contribution in [0.25, 0.3) is 0 Å². The molecule has 0 aliphatic carbocycles. The highest BCUT2D eigenvalue weighted by Crippen LogP contribution is 2.36. The van der Waals surface area contributed by atoms with E-state index >= 15 is 0 Å². The van der Waals surface area contributed by atoms with Crippen LogP contribution in [0, 0.1) is 13.8 Å². The fourth-order valence-electron chi connectivity index (χ4n) is 3.56. The molecule has 2 aliphatic rings. The van der Waals surface area contributed by atoms with Crippen molar-refractivity contribution in [3.05, 3.63) is 41.5 Å². The van der Waals surface area contributed by atoms with Crippen LogP contribution in [0.1, 0.15) is 24.0 Å². The Hall–Kier alpha value is -2.46. The van der Waals surface area contributed by atoms with E-state index in [4.69, 9.17) is 9.47 Å². The van der Waals surface area contributed by atoms with Crippen LogP contribution in [-0.4, -0.2) is 35.9 Å². The highest BCUT2D eigenvalue weighted by Gasteiger charge is 2.29. The Morgan fingerprint density at radius 1 is 1.00 bits per heavy atom. The Kier molecular flexibility index (Phi) is 4.86. The minimum absolute atomic E-state index is 0.102. The van der Waals surface area contributed by atoms with E-state index in [1.165, 1.54) is 10.4 Å². The normalized spacial score (nSPS) is 17.9. The lowest BCUT2D eigenvalue weighted by Crippen LogP contribution is -2.38. The predicted octanol–water partition coefficient (Wildman–Crippen LogP) is 2.76. The van der Waals surface area contributed by atoms with Crippen molar-refractivity contribution in [2.24, 2.45) is 0 Å². The molecule has 4 rings (SSSR count). The molecule has 0 atom stereocenters. The summed E-state index contributed by atoms with van der Waals surface area (Å²) < 4.78 is 65.3. The van der Waals surface area contributed by atoms with Crippen LogP contribution in [0.15, 0.2) is 35.2 Å². The maximum atomic E-state index is 13.0. The molecule has 2 heterocycles.